The van der Waals surface area contributed by atoms with Crippen molar-refractivity contribution in [3.8, 4) is 0 Å². The molecule has 2 saturated heterocycles. The third kappa shape index (κ3) is 8.28. The van der Waals surface area contributed by atoms with Crippen LogP contribution in [0.5, 0.6) is 0 Å². The molecule has 0 saturated carbocycles. The molecule has 0 atom stereocenters. The van der Waals surface area contributed by atoms with E-state index in [2.05, 4.69) is 36.1 Å². The highest BCUT2D eigenvalue weighted by Crippen LogP contribution is 2.34. The van der Waals surface area contributed by atoms with E-state index in [0.29, 0.717) is 0 Å². The molecule has 7 heteroatoms. The lowest BCUT2D eigenvalue weighted by Crippen LogP contribution is -2.44. The molecule has 0 bridgehead atoms. The molecule has 0 radical (unpaired) electrons. The maximum Gasteiger partial charge on any atom is 0.410 e. The lowest BCUT2D eigenvalue weighted by atomic mass is 9.79. The van der Waals surface area contributed by atoms with Gasteiger partial charge in [-0.1, -0.05) is 25.5 Å². The van der Waals surface area contributed by atoms with Gasteiger partial charge in [0.1, 0.15) is 5.60 Å². The van der Waals surface area contributed by atoms with Crippen molar-refractivity contribution < 1.29 is 17.9 Å². The SMILES string of the molecule is CCCc1ccc(N2CCC(C3CCN(C(=O)OC(C)(C)C)CC3)CC2)cc1.O=S=O. The third-order valence-electron chi connectivity index (χ3n) is 6.24. The maximum atomic E-state index is 12.3. The van der Waals surface area contributed by atoms with Crippen molar-refractivity contribution in [2.45, 2.75) is 71.8 Å². The Morgan fingerprint density at radius 1 is 0.968 bits per heavy atom. The quantitative estimate of drug-likeness (QED) is 0.657. The van der Waals surface area contributed by atoms with E-state index >= 15 is 0 Å². The molecule has 2 heterocycles. The van der Waals surface area contributed by atoms with E-state index in [4.69, 9.17) is 13.2 Å². The highest BCUT2D eigenvalue weighted by molar-refractivity contribution is 7.51. The summed E-state index contributed by atoms with van der Waals surface area (Å²) in [4.78, 5) is 16.7. The van der Waals surface area contributed by atoms with Crippen LogP contribution in [-0.2, 0) is 22.7 Å². The predicted molar refractivity (Wildman–Crippen MR) is 125 cm³/mol. The van der Waals surface area contributed by atoms with Crippen LogP contribution in [0.1, 0.15) is 65.4 Å². The van der Waals surface area contributed by atoms with Gasteiger partial charge in [0, 0.05) is 31.9 Å². The minimum atomic E-state index is -0.750. The summed E-state index contributed by atoms with van der Waals surface area (Å²) in [5.74, 6) is 1.56. The van der Waals surface area contributed by atoms with Crippen molar-refractivity contribution in [3.63, 3.8) is 0 Å². The van der Waals surface area contributed by atoms with Gasteiger partial charge in [0.15, 0.2) is 0 Å². The first-order chi connectivity index (χ1) is 14.8. The maximum absolute atomic E-state index is 12.3. The Hall–Kier alpha value is -1.89. The Morgan fingerprint density at radius 3 is 1.90 bits per heavy atom. The zero-order chi connectivity index (χ0) is 22.9. The summed E-state index contributed by atoms with van der Waals surface area (Å²) in [6, 6.07) is 9.17. The number of rotatable bonds is 4. The number of likely N-dealkylation sites (tertiary alicyclic amines) is 1. The standard InChI is InChI=1S/C24H38N2O2.O2S/c1-5-6-19-7-9-22(10-8-19)25-15-11-20(12-16-25)21-13-17-26(18-14-21)23(27)28-24(2,3)4;1-3-2/h7-10,20-21H,5-6,11-18H2,1-4H3;. The van der Waals surface area contributed by atoms with Crippen LogP contribution in [0.4, 0.5) is 10.5 Å². The Bertz CT molecular complexity index is 710. The zero-order valence-corrected chi connectivity index (χ0v) is 20.3. The Kier molecular flexibility index (Phi) is 10.0. The van der Waals surface area contributed by atoms with Crippen molar-refractivity contribution >= 4 is 23.4 Å². The molecule has 2 aliphatic heterocycles. The van der Waals surface area contributed by atoms with Crippen LogP contribution in [0.2, 0.25) is 0 Å². The molecule has 1 amide bonds. The molecular weight excluding hydrogens is 412 g/mol. The fraction of sp³-hybridized carbons (Fsp3) is 0.708. The van der Waals surface area contributed by atoms with Gasteiger partial charge in [-0.25, -0.2) is 4.79 Å². The second kappa shape index (κ2) is 12.2. The molecule has 0 aliphatic carbocycles. The van der Waals surface area contributed by atoms with Gasteiger partial charge in [-0.3, -0.25) is 0 Å². The topological polar surface area (TPSA) is 66.9 Å². The molecule has 3 rings (SSSR count). The van der Waals surface area contributed by atoms with E-state index in [1.165, 1.54) is 36.9 Å². The van der Waals surface area contributed by atoms with Gasteiger partial charge in [0.25, 0.3) is 0 Å². The number of carbonyl (C=O) groups excluding carboxylic acids is 1. The summed E-state index contributed by atoms with van der Waals surface area (Å²) in [5.41, 5.74) is 2.41. The fourth-order valence-corrected chi connectivity index (χ4v) is 4.67. The van der Waals surface area contributed by atoms with Crippen molar-refractivity contribution in [1.29, 1.82) is 0 Å². The number of nitrogens with zero attached hydrogens (tertiary/aromatic N) is 2. The highest BCUT2D eigenvalue weighted by atomic mass is 32.1. The molecular formula is C24H38N2O4S. The minimum absolute atomic E-state index is 0.146. The van der Waals surface area contributed by atoms with Gasteiger partial charge in [-0.2, -0.15) is 8.42 Å². The summed E-state index contributed by atoms with van der Waals surface area (Å²) in [6.07, 6.45) is 7.02. The number of carbonyl (C=O) groups is 1. The van der Waals surface area contributed by atoms with E-state index < -0.39 is 17.2 Å². The third-order valence-corrected chi connectivity index (χ3v) is 6.24. The predicted octanol–water partition coefficient (Wildman–Crippen LogP) is 4.83. The van der Waals surface area contributed by atoms with Gasteiger partial charge in [0.05, 0.1) is 0 Å². The molecule has 1 aromatic rings. The highest BCUT2D eigenvalue weighted by Gasteiger charge is 2.32. The van der Waals surface area contributed by atoms with Crippen molar-refractivity contribution in [2.24, 2.45) is 11.8 Å². The van der Waals surface area contributed by atoms with Crippen LogP contribution < -0.4 is 4.90 Å². The number of amides is 1. The molecule has 1 aromatic carbocycles. The van der Waals surface area contributed by atoms with Crippen LogP contribution in [-0.4, -0.2) is 51.2 Å². The molecule has 2 fully saturated rings. The molecule has 0 aromatic heterocycles. The van der Waals surface area contributed by atoms with Gasteiger partial charge >= 0.3 is 17.7 Å². The first kappa shape index (κ1) is 25.4. The normalized spacial score (nSPS) is 18.2. The van der Waals surface area contributed by atoms with E-state index in [9.17, 15) is 4.79 Å². The van der Waals surface area contributed by atoms with E-state index in [0.717, 1.165) is 50.9 Å². The van der Waals surface area contributed by atoms with Crippen LogP contribution in [0.15, 0.2) is 24.3 Å². The number of piperidine rings is 2. The summed E-state index contributed by atoms with van der Waals surface area (Å²) >= 11 is -0.750. The first-order valence-corrected chi connectivity index (χ1v) is 12.2. The Morgan fingerprint density at radius 2 is 1.45 bits per heavy atom. The molecule has 0 N–H and O–H groups in total. The number of hydrogen-bond acceptors (Lipinski definition) is 5. The summed E-state index contributed by atoms with van der Waals surface area (Å²) in [7, 11) is 0. The number of ether oxygens (including phenoxy) is 1. The second-order valence-corrected chi connectivity index (χ2v) is 9.75. The van der Waals surface area contributed by atoms with Gasteiger partial charge < -0.3 is 14.5 Å². The smallest absolute Gasteiger partial charge is 0.410 e. The lowest BCUT2D eigenvalue weighted by molar-refractivity contribution is 0.0152. The molecule has 174 valence electrons. The van der Waals surface area contributed by atoms with Crippen molar-refractivity contribution in [1.82, 2.24) is 4.90 Å². The lowest BCUT2D eigenvalue weighted by Gasteiger charge is -2.41. The van der Waals surface area contributed by atoms with Crippen LogP contribution in [0.3, 0.4) is 0 Å². The van der Waals surface area contributed by atoms with Crippen LogP contribution in [0, 0.1) is 11.8 Å². The van der Waals surface area contributed by atoms with Crippen molar-refractivity contribution in [3.05, 3.63) is 29.8 Å². The monoisotopic (exact) mass is 450 g/mol. The Labute approximate surface area is 190 Å². The van der Waals surface area contributed by atoms with Crippen molar-refractivity contribution in [2.75, 3.05) is 31.1 Å². The average molecular weight is 451 g/mol. The molecule has 6 nitrogen and oxygen atoms in total. The molecule has 0 unspecified atom stereocenters. The summed E-state index contributed by atoms with van der Waals surface area (Å²) in [5, 5.41) is 0. The minimum Gasteiger partial charge on any atom is -0.444 e. The number of hydrogen-bond donors (Lipinski definition) is 0. The fourth-order valence-electron chi connectivity index (χ4n) is 4.67. The largest absolute Gasteiger partial charge is 0.444 e. The molecule has 31 heavy (non-hydrogen) atoms. The molecule has 0 spiro atoms. The summed E-state index contributed by atoms with van der Waals surface area (Å²) < 4.78 is 22.1. The first-order valence-electron chi connectivity index (χ1n) is 11.5. The van der Waals surface area contributed by atoms with E-state index in [1.54, 1.807) is 0 Å². The van der Waals surface area contributed by atoms with Crippen LogP contribution >= 0.6 is 0 Å². The number of aryl methyl sites for hydroxylation is 1. The van der Waals surface area contributed by atoms with Gasteiger partial charge in [0.2, 0.25) is 0 Å². The van der Waals surface area contributed by atoms with Gasteiger partial charge in [-0.05, 0) is 82.4 Å². The number of anilines is 1. The van der Waals surface area contributed by atoms with Crippen LogP contribution in [0.25, 0.3) is 0 Å². The van der Waals surface area contributed by atoms with E-state index in [-0.39, 0.29) is 6.09 Å². The number of benzene rings is 1. The van der Waals surface area contributed by atoms with E-state index in [1.807, 2.05) is 25.7 Å². The summed E-state index contributed by atoms with van der Waals surface area (Å²) in [6.45, 7) is 12.0. The van der Waals surface area contributed by atoms with Gasteiger partial charge in [-0.15, -0.1) is 0 Å². The average Bonchev–Trinajstić information content (AvgIpc) is 2.74. The second-order valence-electron chi connectivity index (χ2n) is 9.61. The Balaban J connectivity index is 0.00000107. The zero-order valence-electron chi connectivity index (χ0n) is 19.5. The molecule has 2 aliphatic rings.